The average molecular weight is 495 g/mol. The Labute approximate surface area is 186 Å². The predicted molar refractivity (Wildman–Crippen MR) is 117 cm³/mol. The molecule has 1 heterocycles. The van der Waals surface area contributed by atoms with Gasteiger partial charge in [-0.25, -0.2) is 12.7 Å². The van der Waals surface area contributed by atoms with Crippen molar-refractivity contribution in [1.29, 1.82) is 0 Å². The van der Waals surface area contributed by atoms with Gasteiger partial charge in [0.1, 0.15) is 4.90 Å². The third kappa shape index (κ3) is 4.37. The Morgan fingerprint density at radius 3 is 2.21 bits per heavy atom. The fraction of sp³-hybridized carbons (Fsp3) is 0.125. The standard InChI is InChI=1S/C16H14Cl3N5O3S2/c1-24(2)29(26,27)14-9(18)6-7-11(13(14)25)21-16-15(22-28-23-16)20-10-5-3-4-8(17)12(10)19/h3-7,25H,1-2H3,(H,20,22)(H,21,23). The highest BCUT2D eigenvalue weighted by molar-refractivity contribution is 7.89. The Hall–Kier alpha value is -1.82. The first-order valence-electron chi connectivity index (χ1n) is 7.87. The Morgan fingerprint density at radius 2 is 1.59 bits per heavy atom. The van der Waals surface area contributed by atoms with Crippen LogP contribution in [0.4, 0.5) is 23.0 Å². The lowest BCUT2D eigenvalue weighted by Gasteiger charge is -2.16. The molecule has 0 radical (unpaired) electrons. The first-order valence-corrected chi connectivity index (χ1v) is 11.2. The number of aromatic hydroxyl groups is 1. The highest BCUT2D eigenvalue weighted by Crippen LogP contribution is 2.40. The summed E-state index contributed by atoms with van der Waals surface area (Å²) in [7, 11) is -1.30. The number of halogens is 3. The fourth-order valence-electron chi connectivity index (χ4n) is 2.28. The van der Waals surface area contributed by atoms with Crippen LogP contribution < -0.4 is 10.6 Å². The molecular weight excluding hydrogens is 481 g/mol. The number of sulfonamides is 1. The second-order valence-electron chi connectivity index (χ2n) is 5.87. The van der Waals surface area contributed by atoms with Gasteiger partial charge in [-0.05, 0) is 24.3 Å². The number of anilines is 4. The molecule has 0 amide bonds. The van der Waals surface area contributed by atoms with E-state index in [0.29, 0.717) is 21.6 Å². The van der Waals surface area contributed by atoms with E-state index in [2.05, 4.69) is 19.4 Å². The number of aromatic nitrogens is 2. The lowest BCUT2D eigenvalue weighted by Crippen LogP contribution is -2.22. The first kappa shape index (κ1) is 21.9. The van der Waals surface area contributed by atoms with Crippen LogP contribution in [0.15, 0.2) is 35.2 Å². The number of phenolic OH excluding ortho intramolecular Hbond substituents is 1. The number of rotatable bonds is 6. The Balaban J connectivity index is 1.97. The molecule has 3 aromatic rings. The van der Waals surface area contributed by atoms with Gasteiger partial charge in [-0.3, -0.25) is 0 Å². The van der Waals surface area contributed by atoms with E-state index in [9.17, 15) is 13.5 Å². The van der Waals surface area contributed by atoms with Gasteiger partial charge in [0.25, 0.3) is 0 Å². The SMILES string of the molecule is CN(C)S(=O)(=O)c1c(Cl)ccc(Nc2nsnc2Nc2cccc(Cl)c2Cl)c1O. The maximum Gasteiger partial charge on any atom is 0.247 e. The molecule has 0 bridgehead atoms. The molecule has 13 heteroatoms. The number of benzene rings is 2. The minimum atomic E-state index is -3.98. The van der Waals surface area contributed by atoms with Crippen LogP contribution in [0.25, 0.3) is 0 Å². The second-order valence-corrected chi connectivity index (χ2v) is 9.68. The van der Waals surface area contributed by atoms with Crippen molar-refractivity contribution < 1.29 is 13.5 Å². The largest absolute Gasteiger partial charge is 0.504 e. The summed E-state index contributed by atoms with van der Waals surface area (Å²) < 4.78 is 34.2. The number of nitrogens with one attached hydrogen (secondary N) is 2. The summed E-state index contributed by atoms with van der Waals surface area (Å²) in [4.78, 5) is -0.412. The summed E-state index contributed by atoms with van der Waals surface area (Å²) in [5.41, 5.74) is 0.592. The lowest BCUT2D eigenvalue weighted by molar-refractivity contribution is 0.455. The summed E-state index contributed by atoms with van der Waals surface area (Å²) in [5.74, 6) is 0.0216. The average Bonchev–Trinajstić information content (AvgIpc) is 3.08. The molecule has 0 atom stereocenters. The van der Waals surface area contributed by atoms with Crippen LogP contribution in [0.2, 0.25) is 15.1 Å². The Kier molecular flexibility index (Phi) is 6.42. The van der Waals surface area contributed by atoms with Crippen molar-refractivity contribution >= 4 is 79.6 Å². The zero-order valence-corrected chi connectivity index (χ0v) is 18.8. The van der Waals surface area contributed by atoms with Crippen molar-refractivity contribution in [3.63, 3.8) is 0 Å². The second kappa shape index (κ2) is 8.50. The number of hydrogen-bond donors (Lipinski definition) is 3. The molecule has 1 aromatic heterocycles. The zero-order valence-electron chi connectivity index (χ0n) is 14.9. The third-order valence-electron chi connectivity index (χ3n) is 3.77. The van der Waals surface area contributed by atoms with Gasteiger partial charge in [0.2, 0.25) is 10.0 Å². The van der Waals surface area contributed by atoms with E-state index in [4.69, 9.17) is 34.8 Å². The fourth-order valence-corrected chi connectivity index (χ4v) is 4.58. The van der Waals surface area contributed by atoms with Crippen molar-refractivity contribution in [3.05, 3.63) is 45.4 Å². The number of phenols is 1. The number of hydrogen-bond acceptors (Lipinski definition) is 8. The van der Waals surface area contributed by atoms with Gasteiger partial charge >= 0.3 is 0 Å². The van der Waals surface area contributed by atoms with E-state index in [0.717, 1.165) is 16.0 Å². The molecule has 3 rings (SSSR count). The van der Waals surface area contributed by atoms with E-state index in [1.165, 1.54) is 26.2 Å². The van der Waals surface area contributed by atoms with Gasteiger partial charge < -0.3 is 15.7 Å². The van der Waals surface area contributed by atoms with Crippen LogP contribution in [0.3, 0.4) is 0 Å². The molecule has 29 heavy (non-hydrogen) atoms. The van der Waals surface area contributed by atoms with Crippen molar-refractivity contribution in [2.75, 3.05) is 24.7 Å². The normalized spacial score (nSPS) is 11.7. The molecule has 0 aliphatic rings. The van der Waals surface area contributed by atoms with Crippen LogP contribution in [-0.4, -0.2) is 40.7 Å². The van der Waals surface area contributed by atoms with Crippen LogP contribution in [0.5, 0.6) is 5.75 Å². The van der Waals surface area contributed by atoms with Crippen LogP contribution in [0, 0.1) is 0 Å². The van der Waals surface area contributed by atoms with E-state index in [1.807, 2.05) is 0 Å². The molecule has 154 valence electrons. The minimum absolute atomic E-state index is 0.0859. The van der Waals surface area contributed by atoms with Gasteiger partial charge in [-0.15, -0.1) is 0 Å². The van der Waals surface area contributed by atoms with Crippen LogP contribution in [0.1, 0.15) is 0 Å². The van der Waals surface area contributed by atoms with Gasteiger partial charge in [0.05, 0.1) is 38.2 Å². The third-order valence-corrected chi connectivity index (χ3v) is 7.43. The molecular formula is C16H14Cl3N5O3S2. The van der Waals surface area contributed by atoms with Crippen LogP contribution in [-0.2, 0) is 10.0 Å². The molecule has 0 aliphatic carbocycles. The highest BCUT2D eigenvalue weighted by Gasteiger charge is 2.27. The highest BCUT2D eigenvalue weighted by atomic mass is 35.5. The Morgan fingerprint density at radius 1 is 0.966 bits per heavy atom. The van der Waals surface area contributed by atoms with Crippen molar-refractivity contribution in [1.82, 2.24) is 13.1 Å². The van der Waals surface area contributed by atoms with Crippen molar-refractivity contribution in [2.45, 2.75) is 4.90 Å². The Bertz CT molecular complexity index is 1170. The summed E-state index contributed by atoms with van der Waals surface area (Å²) in [6.45, 7) is 0. The molecule has 0 unspecified atom stereocenters. The van der Waals surface area contributed by atoms with Crippen molar-refractivity contribution in [3.8, 4) is 5.75 Å². The molecule has 0 saturated carbocycles. The van der Waals surface area contributed by atoms with Crippen molar-refractivity contribution in [2.24, 2.45) is 0 Å². The minimum Gasteiger partial charge on any atom is -0.504 e. The van der Waals surface area contributed by atoms with Gasteiger partial charge in [-0.2, -0.15) is 8.75 Å². The maximum atomic E-state index is 12.5. The van der Waals surface area contributed by atoms with E-state index in [-0.39, 0.29) is 16.5 Å². The number of nitrogens with zero attached hydrogens (tertiary/aromatic N) is 3. The molecule has 8 nitrogen and oxygen atoms in total. The maximum absolute atomic E-state index is 12.5. The molecule has 0 spiro atoms. The smallest absolute Gasteiger partial charge is 0.247 e. The van der Waals surface area contributed by atoms with Gasteiger partial charge in [0.15, 0.2) is 17.4 Å². The summed E-state index contributed by atoms with van der Waals surface area (Å²) >= 11 is 19.1. The quantitative estimate of drug-likeness (QED) is 0.416. The van der Waals surface area contributed by atoms with E-state index < -0.39 is 20.7 Å². The molecule has 0 saturated heterocycles. The first-order chi connectivity index (χ1) is 13.6. The molecule has 0 aliphatic heterocycles. The lowest BCUT2D eigenvalue weighted by atomic mass is 10.3. The summed E-state index contributed by atoms with van der Waals surface area (Å²) in [6.07, 6.45) is 0. The topological polar surface area (TPSA) is 107 Å². The van der Waals surface area contributed by atoms with Crippen LogP contribution >= 0.6 is 46.5 Å². The monoisotopic (exact) mass is 493 g/mol. The summed E-state index contributed by atoms with van der Waals surface area (Å²) in [6, 6.07) is 7.86. The summed E-state index contributed by atoms with van der Waals surface area (Å²) in [5, 5.41) is 17.0. The molecule has 2 aromatic carbocycles. The van der Waals surface area contributed by atoms with E-state index >= 15 is 0 Å². The van der Waals surface area contributed by atoms with E-state index in [1.54, 1.807) is 18.2 Å². The molecule has 0 fully saturated rings. The zero-order chi connectivity index (χ0) is 21.3. The van der Waals surface area contributed by atoms with Gasteiger partial charge in [0, 0.05) is 14.1 Å². The van der Waals surface area contributed by atoms with Gasteiger partial charge in [-0.1, -0.05) is 40.9 Å². The molecule has 3 N–H and O–H groups in total. The predicted octanol–water partition coefficient (Wildman–Crippen LogP) is 4.94.